The van der Waals surface area contributed by atoms with Gasteiger partial charge in [-0.1, -0.05) is 134 Å². The molecule has 31 nitrogen and oxygen atoms in total. The monoisotopic (exact) mass is 2000 g/mol. The van der Waals surface area contributed by atoms with Gasteiger partial charge in [0.2, 0.25) is 0 Å². The summed E-state index contributed by atoms with van der Waals surface area (Å²) in [6, 6.07) is 61.5. The third-order valence-electron chi connectivity index (χ3n) is 22.1. The Morgan fingerprint density at radius 1 is 0.379 bits per heavy atom. The summed E-state index contributed by atoms with van der Waals surface area (Å²) in [6.07, 6.45) is 5.46. The Labute approximate surface area is 830 Å². The molecule has 140 heavy (non-hydrogen) atoms. The zero-order chi connectivity index (χ0) is 98.5. The molecule has 0 bridgehead atoms. The molecule has 0 atom stereocenters. The molecule has 8 amide bonds. The molecule has 3 aliphatic heterocycles. The maximum atomic E-state index is 13.4. The lowest BCUT2D eigenvalue weighted by Gasteiger charge is -2.29. The average Bonchev–Trinajstić information content (AvgIpc) is 1.52. The molecule has 9 aromatic carbocycles. The first-order valence-electron chi connectivity index (χ1n) is 45.4. The van der Waals surface area contributed by atoms with Crippen LogP contribution in [0, 0.1) is 0 Å². The van der Waals surface area contributed by atoms with Crippen molar-refractivity contribution in [2.24, 2.45) is 0 Å². The minimum Gasteiger partial charge on any atom is -0.494 e. The molecule has 0 unspecified atom stereocenters. The lowest BCUT2D eigenvalue weighted by Crippen LogP contribution is -2.40. The number of carboxylic acid groups (broad SMARTS) is 3. The van der Waals surface area contributed by atoms with Crippen molar-refractivity contribution in [2.75, 3.05) is 87.3 Å². The number of benzene rings is 9. The van der Waals surface area contributed by atoms with Gasteiger partial charge in [0.15, 0.2) is 32.5 Å². The smallest absolute Gasteiger partial charge is 0.412 e. The number of thiazole rings is 6. The molecule has 18 rings (SSSR count). The van der Waals surface area contributed by atoms with E-state index >= 15 is 0 Å². The van der Waals surface area contributed by atoms with Crippen LogP contribution in [0.5, 0.6) is 23.0 Å². The van der Waals surface area contributed by atoms with Crippen LogP contribution in [0.4, 0.5) is 67.8 Å². The number of para-hydroxylation sites is 3. The van der Waals surface area contributed by atoms with Crippen molar-refractivity contribution in [3.8, 4) is 54.7 Å². The highest BCUT2D eigenvalue weighted by Crippen LogP contribution is 2.43. The van der Waals surface area contributed by atoms with Crippen molar-refractivity contribution in [3.63, 3.8) is 0 Å². The number of carbonyl (C=O) groups excluding carboxylic acids is 5. The van der Waals surface area contributed by atoms with Gasteiger partial charge in [0.1, 0.15) is 55.8 Å². The predicted octanol–water partition coefficient (Wildman–Crippen LogP) is 24.8. The highest BCUT2D eigenvalue weighted by atomic mass is 32.1. The average molecular weight is 2000 g/mol. The fourth-order valence-electron chi connectivity index (χ4n) is 15.5. The standard InChI is InChI=1S/2C35H35N5O6S2.C33H32N4O5S2/c1-35(2,3)46-34(44)36-23-10-6-11-24(20-23)45-18-8-14-28-29(31(41)42)38-30(47-28)22-16-15-21-9-7-17-40(26(21)19-22)33(43)39-32-37-25-12-4-5-13-27(25)48-32;1-35(2,3)46-34(44)36-23-14-16-24(17-15-23)45-19-7-11-28-29(31(41)42)38-30(47-28)22-13-12-21-8-6-18-40(26(21)20-22)33(43)39-32-37-25-9-4-5-10-27(25)48-32;1-33(2,3)21-11-13-22(14-12-21)41-17-6-9-27-28(30(38)39)35-29(43-27)20-10-15-25-24(19-20)37(16-18-42-25)32(40)36-31-34-23-7-4-5-8-26(23)44-31/h4-6,10-13,15-16,19-20H,7-9,14,17-18H2,1-3H3,(H,36,44)(H,41,42)(H,37,39,43);4-5,9-10,12-17,20H,6-8,11,18-19H2,1-3H3,(H,36,44)(H,41,42)(H,37,39,43);4-5,7-8,10-15,19H,6,9,16-18H2,1-3H3,(H,38,39)(H,34,36,40). The van der Waals surface area contributed by atoms with E-state index < -0.39 is 41.3 Å². The molecule has 0 saturated carbocycles. The lowest BCUT2D eigenvalue weighted by molar-refractivity contribution is 0.0624. The number of carboxylic acids is 3. The molecular weight excluding hydrogens is 1900 g/mol. The molecule has 15 aromatic rings. The second-order valence-electron chi connectivity index (χ2n) is 35.9. The number of aromatic carboxylic acids is 3. The summed E-state index contributed by atoms with van der Waals surface area (Å²) in [6.45, 7) is 20.3. The minimum atomic E-state index is -1.09. The van der Waals surface area contributed by atoms with E-state index in [0.717, 1.165) is 95.7 Å². The van der Waals surface area contributed by atoms with Crippen molar-refractivity contribution in [3.05, 3.63) is 249 Å². The highest BCUT2D eigenvalue weighted by molar-refractivity contribution is 7.23. The van der Waals surface area contributed by atoms with E-state index in [0.29, 0.717) is 170 Å². The van der Waals surface area contributed by atoms with Crippen LogP contribution in [0.25, 0.3) is 62.4 Å². The summed E-state index contributed by atoms with van der Waals surface area (Å²) in [5, 5.41) is 47.3. The number of carbonyl (C=O) groups is 8. The fraction of sp³-hybridized carbons (Fsp3) is 0.282. The van der Waals surface area contributed by atoms with Gasteiger partial charge in [-0.25, -0.2) is 68.3 Å². The van der Waals surface area contributed by atoms with Crippen molar-refractivity contribution >= 4 is 191 Å². The second kappa shape index (κ2) is 43.7. The van der Waals surface area contributed by atoms with Crippen LogP contribution in [0.1, 0.15) is 157 Å². The topological polar surface area (TPSA) is 400 Å². The number of nitrogens with zero attached hydrogens (tertiary/aromatic N) is 9. The number of hydrogen-bond donors (Lipinski definition) is 8. The van der Waals surface area contributed by atoms with E-state index in [2.05, 4.69) is 89.4 Å². The number of rotatable bonds is 26. The molecule has 37 heteroatoms. The number of fused-ring (bicyclic) bond motifs is 6. The van der Waals surface area contributed by atoms with Gasteiger partial charge in [-0.05, 0) is 243 Å². The number of hydrogen-bond acceptors (Lipinski definition) is 26. The van der Waals surface area contributed by atoms with Crippen LogP contribution in [-0.4, -0.2) is 151 Å². The van der Waals surface area contributed by atoms with Crippen LogP contribution in [0.15, 0.2) is 200 Å². The molecular formula is C103H102N14O17S6. The number of anilines is 8. The first-order chi connectivity index (χ1) is 67.2. The van der Waals surface area contributed by atoms with Crippen molar-refractivity contribution in [1.82, 2.24) is 29.9 Å². The lowest BCUT2D eigenvalue weighted by atomic mass is 9.87. The molecule has 0 saturated heterocycles. The van der Waals surface area contributed by atoms with Crippen LogP contribution in [0.3, 0.4) is 0 Å². The van der Waals surface area contributed by atoms with Gasteiger partial charge in [-0.15, -0.1) is 34.0 Å². The van der Waals surface area contributed by atoms with Crippen molar-refractivity contribution < 1.29 is 82.1 Å². The number of aromatic nitrogens is 6. The Kier molecular flexibility index (Phi) is 30.7. The number of nitrogens with one attached hydrogen (secondary N) is 5. The quantitative estimate of drug-likeness (QED) is 0.0233. The van der Waals surface area contributed by atoms with Crippen LogP contribution >= 0.6 is 68.0 Å². The first kappa shape index (κ1) is 98.5. The van der Waals surface area contributed by atoms with E-state index in [1.165, 1.54) is 73.6 Å². The number of aryl methyl sites for hydroxylation is 5. The van der Waals surface area contributed by atoms with Crippen LogP contribution in [0.2, 0.25) is 0 Å². The SMILES string of the molecule is CC(C)(C)OC(=O)Nc1ccc(OCCCc2sc(-c3ccc4c(c3)N(C(=O)Nc3nc5ccccc5s3)CCC4)nc2C(=O)O)cc1.CC(C)(C)OC(=O)Nc1cccc(OCCCc2sc(-c3ccc4c(c3)N(C(=O)Nc3nc5ccccc5s3)CCC4)nc2C(=O)O)c1.CC(C)(C)c1ccc(OCCCc2sc(-c3ccc4c(c3)N(C(=O)Nc3nc5ccccc5s3)CCO4)nc2C(=O)O)cc1. The first-order valence-corrected chi connectivity index (χ1v) is 50.3. The second-order valence-corrected chi connectivity index (χ2v) is 42.2. The summed E-state index contributed by atoms with van der Waals surface area (Å²) in [4.78, 5) is 135. The number of amides is 8. The maximum absolute atomic E-state index is 13.4. The molecule has 722 valence electrons. The summed E-state index contributed by atoms with van der Waals surface area (Å²) in [5.74, 6) is -0.701. The molecule has 6 aromatic heterocycles. The van der Waals surface area contributed by atoms with Gasteiger partial charge in [0.05, 0.1) is 62.7 Å². The maximum Gasteiger partial charge on any atom is 0.412 e. The zero-order valence-electron chi connectivity index (χ0n) is 78.1. The molecule has 0 spiro atoms. The van der Waals surface area contributed by atoms with Gasteiger partial charge < -0.3 is 43.7 Å². The normalized spacial score (nSPS) is 12.8. The molecule has 0 aliphatic carbocycles. The number of ether oxygens (including phenoxy) is 6. The van der Waals surface area contributed by atoms with Crippen molar-refractivity contribution in [1.29, 1.82) is 0 Å². The summed E-state index contributed by atoms with van der Waals surface area (Å²) in [7, 11) is 0. The van der Waals surface area contributed by atoms with E-state index in [1.807, 2.05) is 133 Å². The van der Waals surface area contributed by atoms with E-state index in [-0.39, 0.29) is 40.6 Å². The van der Waals surface area contributed by atoms with E-state index in [1.54, 1.807) is 111 Å². The molecule has 3 aliphatic rings. The zero-order valence-corrected chi connectivity index (χ0v) is 83.0. The summed E-state index contributed by atoms with van der Waals surface area (Å²) < 4.78 is 37.1. The van der Waals surface area contributed by atoms with Gasteiger partial charge in [0.25, 0.3) is 0 Å². The van der Waals surface area contributed by atoms with Crippen LogP contribution in [-0.2, 0) is 47.0 Å². The molecule has 9 heterocycles. The summed E-state index contributed by atoms with van der Waals surface area (Å²) >= 11 is 8.27. The minimum absolute atomic E-state index is 0.0155. The Balaban J connectivity index is 0.000000152. The van der Waals surface area contributed by atoms with Gasteiger partial charge in [-0.2, -0.15) is 0 Å². The van der Waals surface area contributed by atoms with Crippen molar-refractivity contribution in [2.45, 2.75) is 143 Å². The highest BCUT2D eigenvalue weighted by Gasteiger charge is 2.32. The van der Waals surface area contributed by atoms with E-state index in [4.69, 9.17) is 28.4 Å². The molecule has 0 radical (unpaired) electrons. The third-order valence-corrected chi connectivity index (χ3v) is 28.4. The Morgan fingerprint density at radius 3 is 1.16 bits per heavy atom. The van der Waals surface area contributed by atoms with Gasteiger partial charge in [-0.3, -0.25) is 41.3 Å². The Morgan fingerprint density at radius 2 is 0.757 bits per heavy atom. The number of urea groups is 3. The molecule has 8 N–H and O–H groups in total. The molecule has 0 fully saturated rings. The fourth-order valence-corrected chi connectivity index (χ4v) is 21.4. The summed E-state index contributed by atoms with van der Waals surface area (Å²) in [5.41, 5.74) is 10.3. The third kappa shape index (κ3) is 25.3. The Hall–Kier alpha value is -14.5. The van der Waals surface area contributed by atoms with E-state index in [9.17, 15) is 53.7 Å². The van der Waals surface area contributed by atoms with Gasteiger partial charge in [0, 0.05) is 73.2 Å². The van der Waals surface area contributed by atoms with Gasteiger partial charge >= 0.3 is 48.2 Å². The van der Waals surface area contributed by atoms with Crippen LogP contribution < -0.4 is 60.2 Å². The predicted molar refractivity (Wildman–Crippen MR) is 553 cm³/mol. The Bertz CT molecular complexity index is 6990. The largest absolute Gasteiger partial charge is 0.494 e.